The van der Waals surface area contributed by atoms with Gasteiger partial charge in [-0.1, -0.05) is 98.6 Å². The number of benzene rings is 7. The number of aryl methyl sites for hydroxylation is 2. The first kappa shape index (κ1) is 27.7. The van der Waals surface area contributed by atoms with E-state index in [0.717, 1.165) is 38.6 Å². The highest BCUT2D eigenvalue weighted by Gasteiger charge is 2.33. The van der Waals surface area contributed by atoms with E-state index in [4.69, 9.17) is 26.2 Å². The minimum Gasteiger partial charge on any atom is -0.457 e. The van der Waals surface area contributed by atoms with Crippen LogP contribution in [-0.2, 0) is 19.4 Å². The average molecular weight is 868 g/mol. The molecule has 1 aliphatic heterocycles. The molecule has 6 heterocycles. The first-order valence-electron chi connectivity index (χ1n) is 27.6. The van der Waals surface area contributed by atoms with Crippen LogP contribution in [0.25, 0.3) is 71.2 Å². The summed E-state index contributed by atoms with van der Waals surface area (Å²) in [5, 5.41) is 4.43. The van der Waals surface area contributed by atoms with Crippen molar-refractivity contribution in [3.8, 4) is 17.3 Å². The van der Waals surface area contributed by atoms with Crippen molar-refractivity contribution in [2.75, 3.05) is 16.5 Å². The predicted molar refractivity (Wildman–Crippen MR) is 271 cm³/mol. The molecule has 0 radical (unpaired) electrons. The number of hydrogen-bond donors (Lipinski definition) is 0. The van der Waals surface area contributed by atoms with E-state index in [1.807, 2.05) is 113 Å². The van der Waals surface area contributed by atoms with Gasteiger partial charge in [-0.25, -0.2) is 4.98 Å². The van der Waals surface area contributed by atoms with Crippen LogP contribution in [0.2, 0.25) is 0 Å². The third kappa shape index (κ3) is 5.57. The number of hydrogen-bond acceptors (Lipinski definition) is 5. The zero-order valence-electron chi connectivity index (χ0n) is 47.1. The second kappa shape index (κ2) is 14.3. The highest BCUT2D eigenvalue weighted by Crippen LogP contribution is 2.51. The fraction of sp³-hybridized carbons (Fsp3) is 0.103. The molecule has 0 aliphatic carbocycles. The fourth-order valence-electron chi connectivity index (χ4n) is 10.1. The molecule has 5 aromatic heterocycles. The standard InChI is InChI=1S/C58H45N7O/c1-58(2,37-15-6-5-7-16-37)38-27-30-60-54(31-38)65-52-33-41(25-26-44(52)45-28-29-59-35-53(45)65)66-40-18-14-17-39(32-40)63-36-64(51-24-13-12-23-50(51)63)57-55-46(42-19-8-10-21-48(42)61(55)3)34-47-43-20-9-11-22-49(43)62(4)56(47)57/h5-35H,36H2,1-4H3/i1D3,2D3,3D3,4D3. The van der Waals surface area contributed by atoms with Crippen molar-refractivity contribution in [1.29, 1.82) is 0 Å². The third-order valence-corrected chi connectivity index (χ3v) is 13.1. The van der Waals surface area contributed by atoms with E-state index in [0.29, 0.717) is 61.1 Å². The van der Waals surface area contributed by atoms with Gasteiger partial charge in [0.2, 0.25) is 0 Å². The number of nitrogens with zero attached hydrogens (tertiary/aromatic N) is 7. The first-order valence-corrected chi connectivity index (χ1v) is 21.6. The Morgan fingerprint density at radius 1 is 0.515 bits per heavy atom. The Kier molecular flexibility index (Phi) is 6.02. The van der Waals surface area contributed by atoms with Gasteiger partial charge in [0, 0.05) is 109 Å². The Morgan fingerprint density at radius 2 is 1.18 bits per heavy atom. The lowest BCUT2D eigenvalue weighted by molar-refractivity contribution is 0.483. The Balaban J connectivity index is 0.937. The summed E-state index contributed by atoms with van der Waals surface area (Å²) in [5.74, 6) is 1.20. The van der Waals surface area contributed by atoms with E-state index in [-0.39, 0.29) is 23.6 Å². The van der Waals surface area contributed by atoms with Gasteiger partial charge in [0.05, 0.1) is 45.3 Å². The van der Waals surface area contributed by atoms with Crippen LogP contribution in [-0.4, -0.2) is 30.3 Å². The lowest BCUT2D eigenvalue weighted by Crippen LogP contribution is -2.25. The molecule has 0 unspecified atom stereocenters. The number of aromatic nitrogens is 5. The molecule has 0 spiro atoms. The number of fused-ring (bicyclic) bond motifs is 10. The number of pyridine rings is 2. The molecule has 0 bridgehead atoms. The summed E-state index contributed by atoms with van der Waals surface area (Å²) in [6, 6.07) is 50.5. The number of anilines is 4. The summed E-state index contributed by atoms with van der Waals surface area (Å²) in [4.78, 5) is 13.2. The molecule has 8 nitrogen and oxygen atoms in total. The summed E-state index contributed by atoms with van der Waals surface area (Å²) in [7, 11) is 0. The van der Waals surface area contributed by atoms with Crippen LogP contribution in [0.1, 0.15) is 41.3 Å². The Hall–Kier alpha value is -8.36. The third-order valence-electron chi connectivity index (χ3n) is 13.1. The zero-order chi connectivity index (χ0) is 54.3. The van der Waals surface area contributed by atoms with Crippen molar-refractivity contribution in [3.05, 3.63) is 200 Å². The maximum Gasteiger partial charge on any atom is 0.137 e. The van der Waals surface area contributed by atoms with Crippen LogP contribution in [0.3, 0.4) is 0 Å². The van der Waals surface area contributed by atoms with E-state index >= 15 is 0 Å². The van der Waals surface area contributed by atoms with Crippen molar-refractivity contribution in [2.45, 2.75) is 19.1 Å². The van der Waals surface area contributed by atoms with Crippen molar-refractivity contribution < 1.29 is 21.2 Å². The maximum absolute atomic E-state index is 8.97. The molecule has 0 amide bonds. The van der Waals surface area contributed by atoms with Gasteiger partial charge in [-0.15, -0.1) is 0 Å². The van der Waals surface area contributed by atoms with Gasteiger partial charge < -0.3 is 23.7 Å². The Labute approximate surface area is 398 Å². The monoisotopic (exact) mass is 867 g/mol. The molecule has 13 rings (SSSR count). The van der Waals surface area contributed by atoms with Crippen LogP contribution in [0.4, 0.5) is 22.7 Å². The van der Waals surface area contributed by atoms with Crippen molar-refractivity contribution >= 4 is 88.2 Å². The van der Waals surface area contributed by atoms with Crippen LogP contribution in [0.15, 0.2) is 188 Å². The second-order valence-corrected chi connectivity index (χ2v) is 16.7. The minimum absolute atomic E-state index is 0.0456. The van der Waals surface area contributed by atoms with Crippen LogP contribution in [0.5, 0.6) is 11.5 Å². The summed E-state index contributed by atoms with van der Waals surface area (Å²) in [6.45, 7) is -11.2. The number of ether oxygens (including phenoxy) is 1. The van der Waals surface area contributed by atoms with Gasteiger partial charge >= 0.3 is 0 Å². The predicted octanol–water partition coefficient (Wildman–Crippen LogP) is 14.2. The fourth-order valence-corrected chi connectivity index (χ4v) is 10.1. The minimum atomic E-state index is -3.01. The highest BCUT2D eigenvalue weighted by molar-refractivity contribution is 6.25. The molecule has 0 atom stereocenters. The lowest BCUT2D eigenvalue weighted by atomic mass is 9.78. The van der Waals surface area contributed by atoms with Crippen molar-refractivity contribution in [3.63, 3.8) is 0 Å². The van der Waals surface area contributed by atoms with Crippen LogP contribution < -0.4 is 14.5 Å². The summed E-state index contributed by atoms with van der Waals surface area (Å²) >= 11 is 0. The van der Waals surface area contributed by atoms with E-state index in [9.17, 15) is 0 Å². The van der Waals surface area contributed by atoms with Crippen molar-refractivity contribution in [2.24, 2.45) is 14.0 Å². The van der Waals surface area contributed by atoms with E-state index in [2.05, 4.69) is 9.88 Å². The van der Waals surface area contributed by atoms with E-state index in [1.54, 1.807) is 54.9 Å². The van der Waals surface area contributed by atoms with Crippen LogP contribution in [0, 0.1) is 0 Å². The molecular weight excluding hydrogens is 811 g/mol. The normalized spacial score (nSPS) is 16.5. The molecule has 1 aliphatic rings. The second-order valence-electron chi connectivity index (χ2n) is 16.7. The van der Waals surface area contributed by atoms with Crippen molar-refractivity contribution in [1.82, 2.24) is 23.7 Å². The smallest absolute Gasteiger partial charge is 0.137 e. The first-order chi connectivity index (χ1) is 37.3. The number of rotatable bonds is 7. The average Bonchev–Trinajstić information content (AvgIpc) is 4.25. The molecule has 0 fully saturated rings. The molecule has 66 heavy (non-hydrogen) atoms. The van der Waals surface area contributed by atoms with Gasteiger partial charge in [0.1, 0.15) is 24.0 Å². The van der Waals surface area contributed by atoms with Gasteiger partial charge in [0.25, 0.3) is 0 Å². The van der Waals surface area contributed by atoms with Gasteiger partial charge in [0.15, 0.2) is 0 Å². The maximum atomic E-state index is 8.97. The lowest BCUT2D eigenvalue weighted by Gasteiger charge is -2.26. The van der Waals surface area contributed by atoms with Gasteiger partial charge in [-0.05, 0) is 83.9 Å². The molecule has 7 aromatic carbocycles. The molecule has 318 valence electrons. The summed E-state index contributed by atoms with van der Waals surface area (Å²) in [6.07, 6.45) is 4.79. The zero-order valence-corrected chi connectivity index (χ0v) is 35.1. The summed E-state index contributed by atoms with van der Waals surface area (Å²) in [5.41, 5.74) is 3.47. The molecule has 0 N–H and O–H groups in total. The molecule has 8 heteroatoms. The van der Waals surface area contributed by atoms with Gasteiger partial charge in [-0.3, -0.25) is 9.55 Å². The van der Waals surface area contributed by atoms with Gasteiger partial charge in [-0.2, -0.15) is 0 Å². The quantitative estimate of drug-likeness (QED) is 0.160. The summed E-state index contributed by atoms with van der Waals surface area (Å²) < 4.78 is 118. The largest absolute Gasteiger partial charge is 0.457 e. The molecule has 0 saturated carbocycles. The van der Waals surface area contributed by atoms with E-state index in [1.165, 1.54) is 39.6 Å². The molecule has 12 aromatic rings. The Bertz CT molecular complexity index is 4260. The SMILES string of the molecule is [2H]C([2H])([2H])n1c2ccccc2c2cc3c4ccccc4n(C([2H])([2H])[2H])c3c(N3CN(c4cccc(Oc5ccc6c7ccncc7n(-c7cc(C(c8ccccc8)(C([2H])([2H])[2H])C([2H])([2H])[2H])ccn7)c6c5)c4)c4ccccc43)c21. The highest BCUT2D eigenvalue weighted by atomic mass is 16.5. The number of para-hydroxylation sites is 4. The van der Waals surface area contributed by atoms with E-state index < -0.39 is 33.1 Å². The van der Waals surface area contributed by atoms with Crippen LogP contribution >= 0.6 is 0 Å². The topological polar surface area (TPSA) is 56.3 Å². The Morgan fingerprint density at radius 3 is 1.92 bits per heavy atom. The molecule has 0 saturated heterocycles. The molecular formula is C58H45N7O.